The topological polar surface area (TPSA) is 123 Å². The van der Waals surface area contributed by atoms with Crippen LogP contribution in [0.3, 0.4) is 0 Å². The highest BCUT2D eigenvalue weighted by Gasteiger charge is 2.37. The summed E-state index contributed by atoms with van der Waals surface area (Å²) < 4.78 is 11.9. The van der Waals surface area contributed by atoms with Gasteiger partial charge in [-0.05, 0) is 56.4 Å². The third kappa shape index (κ3) is 7.83. The number of anilines is 2. The molecular weight excluding hydrogens is 458 g/mol. The van der Waals surface area contributed by atoms with Crippen LogP contribution in [0.2, 0.25) is 0 Å². The Morgan fingerprint density at radius 1 is 1.06 bits per heavy atom. The van der Waals surface area contributed by atoms with Crippen molar-refractivity contribution in [1.29, 1.82) is 0 Å². The molecule has 1 aliphatic rings. The molecule has 1 heterocycles. The van der Waals surface area contributed by atoms with E-state index in [0.29, 0.717) is 56.6 Å². The van der Waals surface area contributed by atoms with Crippen molar-refractivity contribution in [3.8, 4) is 0 Å². The number of nitrogen functional groups attached to an aromatic ring is 1. The fourth-order valence-electron chi connectivity index (χ4n) is 4.34. The van der Waals surface area contributed by atoms with Gasteiger partial charge in [0.2, 0.25) is 12.2 Å². The zero-order valence-electron chi connectivity index (χ0n) is 20.8. The number of aliphatic hydroxyl groups excluding tert-OH is 1. The number of para-hydroxylation sites is 2. The summed E-state index contributed by atoms with van der Waals surface area (Å²) in [6.45, 7) is 2.85. The van der Waals surface area contributed by atoms with Gasteiger partial charge in [-0.15, -0.1) is 0 Å². The van der Waals surface area contributed by atoms with Crippen LogP contribution in [0.15, 0.2) is 66.4 Å². The first-order valence-electron chi connectivity index (χ1n) is 12.6. The van der Waals surface area contributed by atoms with E-state index in [0.717, 1.165) is 5.56 Å². The van der Waals surface area contributed by atoms with E-state index in [1.165, 1.54) is 0 Å². The molecule has 5 N–H and O–H groups in total. The Morgan fingerprint density at radius 2 is 1.81 bits per heavy atom. The number of nitrogens with two attached hydrogens (primary N) is 1. The highest BCUT2D eigenvalue weighted by Crippen LogP contribution is 2.39. The molecule has 0 unspecified atom stereocenters. The minimum Gasteiger partial charge on any atom is -0.459 e. The highest BCUT2D eigenvalue weighted by atomic mass is 16.7. The lowest BCUT2D eigenvalue weighted by Gasteiger charge is -2.37. The molecule has 2 aromatic carbocycles. The van der Waals surface area contributed by atoms with Gasteiger partial charge in [0.25, 0.3) is 5.91 Å². The van der Waals surface area contributed by atoms with E-state index in [2.05, 4.69) is 10.6 Å². The molecule has 2 aromatic rings. The van der Waals surface area contributed by atoms with Crippen LogP contribution in [-0.2, 0) is 19.1 Å². The monoisotopic (exact) mass is 495 g/mol. The lowest BCUT2D eigenvalue weighted by Crippen LogP contribution is -2.39. The normalized spacial score (nSPS) is 19.2. The van der Waals surface area contributed by atoms with Gasteiger partial charge in [0.05, 0.1) is 11.4 Å². The Bertz CT molecular complexity index is 1010. The van der Waals surface area contributed by atoms with Gasteiger partial charge in [0.1, 0.15) is 0 Å². The highest BCUT2D eigenvalue weighted by molar-refractivity contribution is 5.93. The predicted octanol–water partition coefficient (Wildman–Crippen LogP) is 3.94. The molecule has 194 valence electrons. The Morgan fingerprint density at radius 3 is 2.53 bits per heavy atom. The van der Waals surface area contributed by atoms with Gasteiger partial charge in [0, 0.05) is 38.0 Å². The number of rotatable bonds is 13. The molecular formula is C28H37N3O5. The number of ether oxygens (including phenoxy) is 2. The number of carbonyl (C=O) groups is 2. The van der Waals surface area contributed by atoms with E-state index in [1.807, 2.05) is 55.5 Å². The van der Waals surface area contributed by atoms with Crippen molar-refractivity contribution in [3.05, 3.63) is 72.0 Å². The number of hydrogen-bond donors (Lipinski definition) is 4. The molecule has 3 atom stereocenters. The SMILES string of the molecule is CCO[C@@H]1OC(C(=O)NCCCCC(=O)Nc2ccccc2N)=C[C@H](c2ccccc2)[C@H]1CCCO. The number of amides is 2. The van der Waals surface area contributed by atoms with Crippen molar-refractivity contribution >= 4 is 23.2 Å². The third-order valence-electron chi connectivity index (χ3n) is 6.17. The zero-order valence-corrected chi connectivity index (χ0v) is 20.8. The molecule has 0 bridgehead atoms. The maximum absolute atomic E-state index is 12.9. The second kappa shape index (κ2) is 14.3. The maximum atomic E-state index is 12.9. The lowest BCUT2D eigenvalue weighted by molar-refractivity contribution is -0.166. The fraction of sp³-hybridized carbons (Fsp3) is 0.429. The van der Waals surface area contributed by atoms with E-state index < -0.39 is 6.29 Å². The second-order valence-electron chi connectivity index (χ2n) is 8.79. The molecule has 0 radical (unpaired) electrons. The van der Waals surface area contributed by atoms with Crippen LogP contribution in [0.5, 0.6) is 0 Å². The molecule has 2 amide bonds. The summed E-state index contributed by atoms with van der Waals surface area (Å²) in [4.78, 5) is 25.1. The average molecular weight is 496 g/mol. The number of unbranched alkanes of at least 4 members (excludes halogenated alkanes) is 1. The van der Waals surface area contributed by atoms with E-state index in [1.54, 1.807) is 12.1 Å². The molecule has 8 heteroatoms. The number of aliphatic hydroxyl groups is 1. The number of hydrogen-bond acceptors (Lipinski definition) is 6. The van der Waals surface area contributed by atoms with Gasteiger partial charge < -0.3 is 30.9 Å². The minimum atomic E-state index is -0.577. The average Bonchev–Trinajstić information content (AvgIpc) is 2.89. The lowest BCUT2D eigenvalue weighted by atomic mass is 9.80. The number of benzene rings is 2. The van der Waals surface area contributed by atoms with Gasteiger partial charge in [-0.2, -0.15) is 0 Å². The summed E-state index contributed by atoms with van der Waals surface area (Å²) in [6, 6.07) is 17.1. The van der Waals surface area contributed by atoms with Crippen molar-refractivity contribution in [2.75, 3.05) is 30.8 Å². The summed E-state index contributed by atoms with van der Waals surface area (Å²) >= 11 is 0. The standard InChI is InChI=1S/C28H37N3O5/c1-2-35-28-21(13-10-18-32)22(20-11-4-3-5-12-20)19-25(36-28)27(34)30-17-9-8-16-26(33)31-24-15-7-6-14-23(24)29/h3-7,11-12,14-15,19,21-22,28,32H,2,8-10,13,16-18,29H2,1H3,(H,30,34)(H,31,33)/t21-,22-,28-/m1/s1. The molecule has 8 nitrogen and oxygen atoms in total. The quantitative estimate of drug-likeness (QED) is 0.247. The summed E-state index contributed by atoms with van der Waals surface area (Å²) in [5.74, 6) is -0.273. The summed E-state index contributed by atoms with van der Waals surface area (Å²) in [5.41, 5.74) is 8.06. The first-order chi connectivity index (χ1) is 17.5. The Hall–Kier alpha value is -3.36. The molecule has 0 fully saturated rings. The van der Waals surface area contributed by atoms with Crippen LogP contribution in [-0.4, -0.2) is 43.0 Å². The van der Waals surface area contributed by atoms with Crippen molar-refractivity contribution < 1.29 is 24.2 Å². The van der Waals surface area contributed by atoms with Crippen molar-refractivity contribution in [2.24, 2.45) is 5.92 Å². The third-order valence-corrected chi connectivity index (χ3v) is 6.17. The van der Waals surface area contributed by atoms with Crippen molar-refractivity contribution in [3.63, 3.8) is 0 Å². The van der Waals surface area contributed by atoms with Crippen molar-refractivity contribution in [2.45, 2.75) is 51.2 Å². The fourth-order valence-corrected chi connectivity index (χ4v) is 4.34. The molecule has 0 aliphatic carbocycles. The van der Waals surface area contributed by atoms with Gasteiger partial charge in [-0.3, -0.25) is 9.59 Å². The van der Waals surface area contributed by atoms with Crippen LogP contribution in [0.4, 0.5) is 11.4 Å². The Kier molecular flexibility index (Phi) is 10.8. The van der Waals surface area contributed by atoms with E-state index in [9.17, 15) is 14.7 Å². The summed E-state index contributed by atoms with van der Waals surface area (Å²) in [7, 11) is 0. The van der Waals surface area contributed by atoms with E-state index in [-0.39, 0.29) is 36.0 Å². The molecule has 36 heavy (non-hydrogen) atoms. The molecule has 0 saturated heterocycles. The van der Waals surface area contributed by atoms with Crippen LogP contribution < -0.4 is 16.4 Å². The largest absolute Gasteiger partial charge is 0.459 e. The first kappa shape index (κ1) is 27.2. The van der Waals surface area contributed by atoms with Crippen LogP contribution in [0, 0.1) is 5.92 Å². The van der Waals surface area contributed by atoms with Crippen molar-refractivity contribution in [1.82, 2.24) is 5.32 Å². The number of allylic oxidation sites excluding steroid dienone is 1. The summed E-state index contributed by atoms with van der Waals surface area (Å²) in [6.07, 6.45) is 4.22. The zero-order chi connectivity index (χ0) is 25.8. The molecule has 0 saturated carbocycles. The van der Waals surface area contributed by atoms with E-state index in [4.69, 9.17) is 15.2 Å². The van der Waals surface area contributed by atoms with Gasteiger partial charge in [-0.1, -0.05) is 42.5 Å². The number of carbonyl (C=O) groups excluding carboxylic acids is 2. The van der Waals surface area contributed by atoms with Gasteiger partial charge in [0.15, 0.2) is 5.76 Å². The van der Waals surface area contributed by atoms with E-state index >= 15 is 0 Å². The second-order valence-corrected chi connectivity index (χ2v) is 8.79. The predicted molar refractivity (Wildman–Crippen MR) is 140 cm³/mol. The van der Waals surface area contributed by atoms with Crippen LogP contribution in [0.1, 0.15) is 50.5 Å². The molecule has 0 aromatic heterocycles. The van der Waals surface area contributed by atoms with Crippen LogP contribution >= 0.6 is 0 Å². The van der Waals surface area contributed by atoms with Gasteiger partial charge in [-0.25, -0.2) is 0 Å². The molecule has 0 spiro atoms. The molecule has 3 rings (SSSR count). The van der Waals surface area contributed by atoms with Gasteiger partial charge >= 0.3 is 0 Å². The Labute approximate surface area is 212 Å². The number of nitrogens with one attached hydrogen (secondary N) is 2. The maximum Gasteiger partial charge on any atom is 0.286 e. The van der Waals surface area contributed by atoms with Crippen LogP contribution in [0.25, 0.3) is 0 Å². The Balaban J connectivity index is 1.55. The molecule has 1 aliphatic heterocycles. The summed E-state index contributed by atoms with van der Waals surface area (Å²) in [5, 5.41) is 15.1. The smallest absolute Gasteiger partial charge is 0.286 e. The first-order valence-corrected chi connectivity index (χ1v) is 12.6. The minimum absolute atomic E-state index is 0.0202.